The first-order valence-electron chi connectivity index (χ1n) is 10.7. The lowest BCUT2D eigenvalue weighted by atomic mass is 9.46. The number of ether oxygens (including phenoxy) is 1. The molecule has 0 heterocycles. The molecule has 0 aromatic rings. The largest absolute Gasteiger partial charge is 0.451 e. The van der Waals surface area contributed by atoms with Crippen molar-refractivity contribution in [2.24, 2.45) is 28.6 Å². The Labute approximate surface area is 187 Å². The molecule has 2 saturated carbocycles. The predicted octanol–water partition coefficient (Wildman–Crippen LogP) is 4.05. The van der Waals surface area contributed by atoms with Gasteiger partial charge in [-0.2, -0.15) is 0 Å². The number of carbonyl (C=O) groups is 3. The number of ketones is 2. The SMILES string of the molecule is C=C1C(=C)[C@@]2(C)C(=CC1=O)C(Cl)=C[C@@H]1[C@@H]2C(O)C[C@@]2(C)[C@H]1CC[C@]2(OC(C)=O)C(C)=O. The molecule has 0 amide bonds. The van der Waals surface area contributed by atoms with Gasteiger partial charge in [0.2, 0.25) is 0 Å². The number of hydrogen-bond acceptors (Lipinski definition) is 5. The first-order chi connectivity index (χ1) is 14.3. The standard InChI is InChI=1S/C25H29ClO5/c1-12-13(2)24(6)18(10-20(12)29)19(26)9-16-17-7-8-25(14(3)27,31-15(4)28)23(17,5)11-21(30)22(16)24/h9-10,16-17,21-22,30H,1-2,7-8,11H2,3-6H3/t16-,17-,21?,22+,23-,24-,25-/m0/s1. The van der Waals surface area contributed by atoms with Crippen LogP contribution in [-0.4, -0.2) is 34.3 Å². The Morgan fingerprint density at radius 1 is 1.26 bits per heavy atom. The second-order valence-corrected chi connectivity index (χ2v) is 10.4. The molecular formula is C25H29ClO5. The van der Waals surface area contributed by atoms with E-state index in [4.69, 9.17) is 16.3 Å². The highest BCUT2D eigenvalue weighted by atomic mass is 35.5. The molecule has 0 aromatic carbocycles. The van der Waals surface area contributed by atoms with E-state index in [0.29, 0.717) is 41.0 Å². The zero-order valence-corrected chi connectivity index (χ0v) is 19.2. The summed E-state index contributed by atoms with van der Waals surface area (Å²) in [5.74, 6) is -1.40. The molecule has 0 saturated heterocycles. The Bertz CT molecular complexity index is 1010. The van der Waals surface area contributed by atoms with Gasteiger partial charge in [0.1, 0.15) is 0 Å². The van der Waals surface area contributed by atoms with E-state index < -0.39 is 28.5 Å². The maximum absolute atomic E-state index is 12.8. The van der Waals surface area contributed by atoms with Gasteiger partial charge in [-0.3, -0.25) is 14.4 Å². The summed E-state index contributed by atoms with van der Waals surface area (Å²) in [6, 6.07) is 0. The van der Waals surface area contributed by atoms with Crippen molar-refractivity contribution in [3.05, 3.63) is 47.1 Å². The van der Waals surface area contributed by atoms with Crippen LogP contribution in [0.5, 0.6) is 0 Å². The lowest BCUT2D eigenvalue weighted by molar-refractivity contribution is -0.192. The Morgan fingerprint density at radius 2 is 1.90 bits per heavy atom. The molecular weight excluding hydrogens is 416 g/mol. The zero-order chi connectivity index (χ0) is 23.1. The number of aliphatic hydroxyl groups is 1. The van der Waals surface area contributed by atoms with Crippen molar-refractivity contribution in [3.8, 4) is 0 Å². The van der Waals surface area contributed by atoms with E-state index in [1.54, 1.807) is 0 Å². The molecule has 1 unspecified atom stereocenters. The van der Waals surface area contributed by atoms with Gasteiger partial charge in [-0.05, 0) is 55.2 Å². The van der Waals surface area contributed by atoms with E-state index in [2.05, 4.69) is 13.2 Å². The van der Waals surface area contributed by atoms with Crippen LogP contribution in [0, 0.1) is 28.6 Å². The Hall–Kier alpha value is -1.98. The van der Waals surface area contributed by atoms with Gasteiger partial charge in [-0.15, -0.1) is 0 Å². The fourth-order valence-corrected chi connectivity index (χ4v) is 7.66. The fraction of sp³-hybridized carbons (Fsp3) is 0.560. The molecule has 4 rings (SSSR count). The summed E-state index contributed by atoms with van der Waals surface area (Å²) in [5, 5.41) is 12.0. The predicted molar refractivity (Wildman–Crippen MR) is 117 cm³/mol. The minimum atomic E-state index is -1.27. The molecule has 4 aliphatic carbocycles. The van der Waals surface area contributed by atoms with Crippen LogP contribution in [0.25, 0.3) is 0 Å². The van der Waals surface area contributed by atoms with Crippen molar-refractivity contribution in [3.63, 3.8) is 0 Å². The molecule has 0 aliphatic heterocycles. The summed E-state index contributed by atoms with van der Waals surface area (Å²) in [6.45, 7) is 14.8. The molecule has 4 aliphatic rings. The van der Waals surface area contributed by atoms with Gasteiger partial charge >= 0.3 is 5.97 Å². The van der Waals surface area contributed by atoms with Gasteiger partial charge < -0.3 is 9.84 Å². The van der Waals surface area contributed by atoms with Gasteiger partial charge in [0, 0.05) is 34.3 Å². The smallest absolute Gasteiger partial charge is 0.303 e. The normalized spacial score (nSPS) is 44.0. The van der Waals surface area contributed by atoms with Crippen molar-refractivity contribution < 1.29 is 24.2 Å². The summed E-state index contributed by atoms with van der Waals surface area (Å²) in [6.07, 6.45) is 4.00. The first-order valence-corrected chi connectivity index (χ1v) is 11.1. The van der Waals surface area contributed by atoms with Gasteiger partial charge in [0.05, 0.1) is 6.10 Å². The van der Waals surface area contributed by atoms with E-state index >= 15 is 0 Å². The lowest BCUT2D eigenvalue weighted by Crippen LogP contribution is -2.62. The number of halogens is 1. The third-order valence-corrected chi connectivity index (χ3v) is 9.08. The molecule has 0 aromatic heterocycles. The number of fused-ring (bicyclic) bond motifs is 5. The molecule has 166 valence electrons. The van der Waals surface area contributed by atoms with Crippen molar-refractivity contribution in [2.45, 2.75) is 58.7 Å². The number of carbonyl (C=O) groups excluding carboxylic acids is 3. The second kappa shape index (κ2) is 6.76. The fourth-order valence-electron chi connectivity index (χ4n) is 7.27. The van der Waals surface area contributed by atoms with Gasteiger partial charge in [-0.1, -0.05) is 44.7 Å². The minimum absolute atomic E-state index is 0.0324. The summed E-state index contributed by atoms with van der Waals surface area (Å²) in [4.78, 5) is 37.2. The van der Waals surface area contributed by atoms with Crippen molar-refractivity contribution in [1.82, 2.24) is 0 Å². The highest BCUT2D eigenvalue weighted by Crippen LogP contribution is 2.68. The molecule has 0 radical (unpaired) electrons. The maximum Gasteiger partial charge on any atom is 0.303 e. The minimum Gasteiger partial charge on any atom is -0.451 e. The van der Waals surface area contributed by atoms with Crippen LogP contribution in [0.2, 0.25) is 0 Å². The monoisotopic (exact) mass is 444 g/mol. The van der Waals surface area contributed by atoms with Crippen LogP contribution in [0.4, 0.5) is 0 Å². The first kappa shape index (κ1) is 22.2. The van der Waals surface area contributed by atoms with E-state index in [9.17, 15) is 19.5 Å². The van der Waals surface area contributed by atoms with Crippen molar-refractivity contribution in [2.75, 3.05) is 0 Å². The number of esters is 1. The molecule has 6 heteroatoms. The number of allylic oxidation sites excluding steroid dienone is 6. The van der Waals surface area contributed by atoms with Gasteiger partial charge in [0.15, 0.2) is 17.2 Å². The van der Waals surface area contributed by atoms with Crippen molar-refractivity contribution >= 4 is 29.1 Å². The molecule has 1 N–H and O–H groups in total. The molecule has 7 atom stereocenters. The zero-order valence-electron chi connectivity index (χ0n) is 18.5. The molecule has 0 spiro atoms. The van der Waals surface area contributed by atoms with Crippen LogP contribution in [0.1, 0.15) is 47.0 Å². The van der Waals surface area contributed by atoms with E-state index in [-0.39, 0.29) is 29.3 Å². The second-order valence-electron chi connectivity index (χ2n) is 10.0. The Morgan fingerprint density at radius 3 is 2.48 bits per heavy atom. The number of hydrogen-bond donors (Lipinski definition) is 1. The van der Waals surface area contributed by atoms with Crippen LogP contribution in [0.3, 0.4) is 0 Å². The van der Waals surface area contributed by atoms with E-state index in [1.165, 1.54) is 19.9 Å². The summed E-state index contributed by atoms with van der Waals surface area (Å²) >= 11 is 6.72. The summed E-state index contributed by atoms with van der Waals surface area (Å²) in [5.41, 5.74) is -1.17. The van der Waals surface area contributed by atoms with Crippen LogP contribution < -0.4 is 0 Å². The van der Waals surface area contributed by atoms with Crippen LogP contribution in [0.15, 0.2) is 47.1 Å². The number of aliphatic hydroxyl groups excluding tert-OH is 1. The van der Waals surface area contributed by atoms with Gasteiger partial charge in [0.25, 0.3) is 0 Å². The number of Topliss-reactive ketones (excluding diaryl/α,β-unsaturated/α-hetero) is 1. The van der Waals surface area contributed by atoms with Crippen molar-refractivity contribution in [1.29, 1.82) is 0 Å². The summed E-state index contributed by atoms with van der Waals surface area (Å²) in [7, 11) is 0. The van der Waals surface area contributed by atoms with Crippen LogP contribution in [-0.2, 0) is 19.1 Å². The summed E-state index contributed by atoms with van der Waals surface area (Å²) < 4.78 is 5.73. The molecule has 2 fully saturated rings. The molecule has 31 heavy (non-hydrogen) atoms. The quantitative estimate of drug-likeness (QED) is 0.513. The maximum atomic E-state index is 12.8. The van der Waals surface area contributed by atoms with Crippen LogP contribution >= 0.6 is 11.6 Å². The van der Waals surface area contributed by atoms with Gasteiger partial charge in [-0.25, -0.2) is 0 Å². The highest BCUT2D eigenvalue weighted by molar-refractivity contribution is 6.33. The lowest BCUT2D eigenvalue weighted by Gasteiger charge is -2.59. The molecule has 5 nitrogen and oxygen atoms in total. The molecule has 0 bridgehead atoms. The Kier molecular flexibility index (Phi) is 4.84. The Balaban J connectivity index is 1.89. The third-order valence-electron chi connectivity index (χ3n) is 8.75. The van der Waals surface area contributed by atoms with E-state index in [1.807, 2.05) is 19.9 Å². The topological polar surface area (TPSA) is 80.7 Å². The highest BCUT2D eigenvalue weighted by Gasteiger charge is 2.70. The average molecular weight is 445 g/mol. The average Bonchev–Trinajstić information content (AvgIpc) is 2.94. The third kappa shape index (κ3) is 2.62. The van der Waals surface area contributed by atoms with E-state index in [0.717, 1.165) is 0 Å². The number of rotatable bonds is 2.